The Morgan fingerprint density at radius 2 is 1.86 bits per heavy atom. The van der Waals surface area contributed by atoms with Gasteiger partial charge in [0.2, 0.25) is 5.91 Å². The number of anilines is 1. The van der Waals surface area contributed by atoms with Crippen molar-refractivity contribution in [2.45, 2.75) is 3.26 Å². The first-order valence-corrected chi connectivity index (χ1v) is 9.75. The van der Waals surface area contributed by atoms with E-state index in [4.69, 9.17) is 0 Å². The molecule has 2 unspecified atom stereocenters. The van der Waals surface area contributed by atoms with E-state index in [1.165, 1.54) is 0 Å². The highest BCUT2D eigenvalue weighted by Crippen LogP contribution is 2.36. The molecule has 2 atom stereocenters. The smallest absolute Gasteiger partial charge is 0.233 e. The van der Waals surface area contributed by atoms with Crippen LogP contribution in [0.3, 0.4) is 0 Å². The largest absolute Gasteiger partial charge is 0.325 e. The number of carbonyl (C=O) groups excluding carboxylic acids is 1. The van der Waals surface area contributed by atoms with Gasteiger partial charge in [-0.15, -0.1) is 11.8 Å². The summed E-state index contributed by atoms with van der Waals surface area (Å²) in [5.41, 5.74) is 2.97. The lowest BCUT2D eigenvalue weighted by molar-refractivity contribution is -0.118. The first-order chi connectivity index (χ1) is 10.6. The van der Waals surface area contributed by atoms with Crippen molar-refractivity contribution in [3.63, 3.8) is 0 Å². The van der Waals surface area contributed by atoms with Crippen LogP contribution in [0.15, 0.2) is 64.5 Å². The lowest BCUT2D eigenvalue weighted by Crippen LogP contribution is -2.24. The average molecular weight is 486 g/mol. The molecule has 0 saturated carbocycles. The maximum absolute atomic E-state index is 12.5. The zero-order valence-corrected chi connectivity index (χ0v) is 16.1. The van der Waals surface area contributed by atoms with Gasteiger partial charge in [-0.05, 0) is 29.2 Å². The molecule has 2 aromatic rings. The van der Waals surface area contributed by atoms with E-state index in [1.54, 1.807) is 11.8 Å². The fourth-order valence-electron chi connectivity index (χ4n) is 2.27. The van der Waals surface area contributed by atoms with E-state index < -0.39 is 0 Å². The molecule has 1 aliphatic rings. The maximum atomic E-state index is 12.5. The molecule has 0 fully saturated rings. The van der Waals surface area contributed by atoms with E-state index >= 15 is 0 Å². The first-order valence-electron chi connectivity index (χ1n) is 6.77. The van der Waals surface area contributed by atoms with Crippen molar-refractivity contribution in [1.29, 1.82) is 0 Å². The predicted octanol–water partition coefficient (Wildman–Crippen LogP) is 5.69. The second kappa shape index (κ2) is 7.19. The number of hydrogen-bond donors (Lipinski definition) is 1. The first kappa shape index (κ1) is 16.1. The highest BCUT2D eigenvalue weighted by atomic mass is 127. The normalized spacial score (nSPS) is 20.1. The molecule has 112 valence electrons. The SMILES string of the molecule is O=C(Nc1ccccc1-c1ccc(Br)cc1)C1C=CSC1I. The molecule has 0 bridgehead atoms. The van der Waals surface area contributed by atoms with Gasteiger partial charge in [0.05, 0.1) is 9.17 Å². The quantitative estimate of drug-likeness (QED) is 0.446. The van der Waals surface area contributed by atoms with E-state index in [9.17, 15) is 4.79 Å². The number of alkyl halides is 1. The zero-order valence-electron chi connectivity index (χ0n) is 11.5. The van der Waals surface area contributed by atoms with E-state index in [0.717, 1.165) is 21.3 Å². The van der Waals surface area contributed by atoms with Crippen LogP contribution in [0.25, 0.3) is 11.1 Å². The fraction of sp³-hybridized carbons (Fsp3) is 0.118. The summed E-state index contributed by atoms with van der Waals surface area (Å²) >= 11 is 7.44. The van der Waals surface area contributed by atoms with Crippen molar-refractivity contribution in [3.8, 4) is 11.1 Å². The highest BCUT2D eigenvalue weighted by molar-refractivity contribution is 14.1. The molecule has 1 amide bonds. The maximum Gasteiger partial charge on any atom is 0.233 e. The number of carbonyl (C=O) groups is 1. The van der Waals surface area contributed by atoms with Gasteiger partial charge in [-0.25, -0.2) is 0 Å². The number of benzene rings is 2. The molecule has 0 aromatic heterocycles. The topological polar surface area (TPSA) is 29.1 Å². The van der Waals surface area contributed by atoms with Crippen molar-refractivity contribution >= 4 is 61.9 Å². The molecule has 0 spiro atoms. The summed E-state index contributed by atoms with van der Waals surface area (Å²) in [6.45, 7) is 0. The minimum Gasteiger partial charge on any atom is -0.325 e. The van der Waals surface area contributed by atoms with E-state index in [0.29, 0.717) is 0 Å². The van der Waals surface area contributed by atoms with Crippen LogP contribution in [0.4, 0.5) is 5.69 Å². The van der Waals surface area contributed by atoms with Crippen molar-refractivity contribution < 1.29 is 4.79 Å². The highest BCUT2D eigenvalue weighted by Gasteiger charge is 2.28. The molecule has 0 radical (unpaired) electrons. The van der Waals surface area contributed by atoms with Gasteiger partial charge in [-0.3, -0.25) is 4.79 Å². The van der Waals surface area contributed by atoms with Gasteiger partial charge in [0, 0.05) is 15.7 Å². The van der Waals surface area contributed by atoms with E-state index in [2.05, 4.69) is 43.8 Å². The Morgan fingerprint density at radius 1 is 1.14 bits per heavy atom. The van der Waals surface area contributed by atoms with Crippen molar-refractivity contribution in [2.75, 3.05) is 5.32 Å². The zero-order chi connectivity index (χ0) is 15.5. The van der Waals surface area contributed by atoms with Crippen LogP contribution in [0.5, 0.6) is 0 Å². The summed E-state index contributed by atoms with van der Waals surface area (Å²) in [7, 11) is 0. The summed E-state index contributed by atoms with van der Waals surface area (Å²) in [6.07, 6.45) is 1.97. The van der Waals surface area contributed by atoms with E-state index in [1.807, 2.05) is 60.0 Å². The van der Waals surface area contributed by atoms with E-state index in [-0.39, 0.29) is 15.1 Å². The fourth-order valence-corrected chi connectivity index (χ4v) is 4.41. The molecule has 22 heavy (non-hydrogen) atoms. The van der Waals surface area contributed by atoms with Crippen molar-refractivity contribution in [2.24, 2.45) is 5.92 Å². The van der Waals surface area contributed by atoms with Gasteiger partial charge >= 0.3 is 0 Å². The minimum atomic E-state index is -0.0800. The van der Waals surface area contributed by atoms with Gasteiger partial charge < -0.3 is 5.32 Å². The molecule has 0 saturated heterocycles. The monoisotopic (exact) mass is 485 g/mol. The van der Waals surface area contributed by atoms with Crippen molar-refractivity contribution in [3.05, 3.63) is 64.5 Å². The third kappa shape index (κ3) is 3.58. The minimum absolute atomic E-state index is 0.0465. The number of rotatable bonds is 3. The van der Waals surface area contributed by atoms with Crippen LogP contribution >= 0.6 is 50.3 Å². The van der Waals surface area contributed by atoms with Crippen LogP contribution in [0.2, 0.25) is 0 Å². The molecule has 3 rings (SSSR count). The Hall–Kier alpha value is -0.790. The number of thioether (sulfide) groups is 1. The molecule has 1 N–H and O–H groups in total. The lowest BCUT2D eigenvalue weighted by Gasteiger charge is -2.15. The Kier molecular flexibility index (Phi) is 5.25. The summed E-state index contributed by atoms with van der Waals surface area (Å²) < 4.78 is 1.30. The summed E-state index contributed by atoms with van der Waals surface area (Å²) in [4.78, 5) is 12.5. The number of hydrogen-bond acceptors (Lipinski definition) is 2. The second-order valence-corrected chi connectivity index (χ2v) is 9.04. The lowest BCUT2D eigenvalue weighted by atomic mass is 10.0. The Balaban J connectivity index is 1.87. The molecular formula is C17H13BrINOS. The van der Waals surface area contributed by atoms with Crippen LogP contribution in [0.1, 0.15) is 0 Å². The predicted molar refractivity (Wildman–Crippen MR) is 106 cm³/mol. The second-order valence-electron chi connectivity index (χ2n) is 4.88. The Morgan fingerprint density at radius 3 is 2.55 bits per heavy atom. The number of nitrogens with one attached hydrogen (secondary N) is 1. The van der Waals surface area contributed by atoms with Crippen molar-refractivity contribution in [1.82, 2.24) is 0 Å². The van der Waals surface area contributed by atoms with Gasteiger partial charge in [-0.1, -0.05) is 74.9 Å². The molecule has 1 aliphatic heterocycles. The van der Waals surface area contributed by atoms with Gasteiger partial charge in [0.1, 0.15) is 0 Å². The van der Waals surface area contributed by atoms with Crippen LogP contribution in [-0.2, 0) is 4.79 Å². The van der Waals surface area contributed by atoms with Gasteiger partial charge in [-0.2, -0.15) is 0 Å². The van der Waals surface area contributed by atoms with Gasteiger partial charge in [0.25, 0.3) is 0 Å². The molecule has 2 aromatic carbocycles. The summed E-state index contributed by atoms with van der Waals surface area (Å²) in [6, 6.07) is 16.0. The molecule has 5 heteroatoms. The number of amides is 1. The summed E-state index contributed by atoms with van der Waals surface area (Å²) in [5.74, 6) is -0.0335. The summed E-state index contributed by atoms with van der Waals surface area (Å²) in [5, 5.41) is 5.08. The van der Waals surface area contributed by atoms with Crippen LogP contribution in [-0.4, -0.2) is 9.16 Å². The third-order valence-corrected chi connectivity index (χ3v) is 6.47. The molecular weight excluding hydrogens is 473 g/mol. The van der Waals surface area contributed by atoms with Gasteiger partial charge in [0.15, 0.2) is 0 Å². The third-order valence-electron chi connectivity index (χ3n) is 3.42. The van der Waals surface area contributed by atoms with Crippen LogP contribution in [0, 0.1) is 5.92 Å². The Labute approximate surface area is 156 Å². The average Bonchev–Trinajstić information content (AvgIpc) is 2.95. The Bertz CT molecular complexity index is 717. The molecule has 2 nitrogen and oxygen atoms in total. The standard InChI is InChI=1S/C17H13BrINOS/c18-12-7-5-11(6-8-12)13-3-1-2-4-15(13)20-17(21)14-9-10-22-16(14)19/h1-10,14,16H,(H,20,21). The molecule has 1 heterocycles. The number of para-hydroxylation sites is 1. The van der Waals surface area contributed by atoms with Crippen LogP contribution < -0.4 is 5.32 Å². The molecule has 0 aliphatic carbocycles. The number of halogens is 2.